The number of sulfonamides is 1. The minimum absolute atomic E-state index is 0.00162. The maximum Gasteiger partial charge on any atom is 0.253 e. The number of nitrogens with zero attached hydrogens (tertiary/aromatic N) is 2. The second kappa shape index (κ2) is 7.87. The van der Waals surface area contributed by atoms with Crippen LogP contribution in [-0.4, -0.2) is 76.0 Å². The van der Waals surface area contributed by atoms with Gasteiger partial charge in [0, 0.05) is 31.7 Å². The monoisotopic (exact) mass is 393 g/mol. The maximum absolute atomic E-state index is 12.9. The minimum atomic E-state index is -3.52. The maximum atomic E-state index is 12.9. The summed E-state index contributed by atoms with van der Waals surface area (Å²) in [5.74, 6) is 1.34. The van der Waals surface area contributed by atoms with Gasteiger partial charge in [-0.3, -0.25) is 4.79 Å². The summed E-state index contributed by atoms with van der Waals surface area (Å²) in [6, 6.07) is 6.38. The number of nitrogens with one attached hydrogen (secondary N) is 1. The smallest absolute Gasteiger partial charge is 0.253 e. The van der Waals surface area contributed by atoms with Crippen molar-refractivity contribution < 1.29 is 17.9 Å². The molecule has 8 heteroatoms. The fraction of sp³-hybridized carbons (Fsp3) is 0.632. The summed E-state index contributed by atoms with van der Waals surface area (Å²) in [4.78, 5) is 15.0. The molecule has 2 atom stereocenters. The Morgan fingerprint density at radius 2 is 1.56 bits per heavy atom. The van der Waals surface area contributed by atoms with Gasteiger partial charge < -0.3 is 15.0 Å². The Balaban J connectivity index is 1.44. The zero-order chi connectivity index (χ0) is 18.9. The van der Waals surface area contributed by atoms with Crippen LogP contribution in [0.2, 0.25) is 0 Å². The van der Waals surface area contributed by atoms with Crippen molar-refractivity contribution in [1.29, 1.82) is 0 Å². The SMILES string of the molecule is O=C(c1ccc(S(=O)(=O)N2CCOCC2)cc1)N1CC[C@@H]2CNC[C@@H]2CC1. The summed E-state index contributed by atoms with van der Waals surface area (Å²) in [5.41, 5.74) is 0.557. The highest BCUT2D eigenvalue weighted by Crippen LogP contribution is 2.28. The normalized spacial score (nSPS) is 27.2. The van der Waals surface area contributed by atoms with E-state index in [1.54, 1.807) is 24.3 Å². The van der Waals surface area contributed by atoms with Crippen molar-refractivity contribution in [1.82, 2.24) is 14.5 Å². The van der Waals surface area contributed by atoms with E-state index in [0.717, 1.165) is 39.0 Å². The van der Waals surface area contributed by atoms with E-state index in [1.165, 1.54) is 4.31 Å². The van der Waals surface area contributed by atoms with E-state index >= 15 is 0 Å². The van der Waals surface area contributed by atoms with E-state index < -0.39 is 10.0 Å². The highest BCUT2D eigenvalue weighted by Gasteiger charge is 2.32. The fourth-order valence-electron chi connectivity index (χ4n) is 4.31. The third-order valence-corrected chi connectivity index (χ3v) is 7.93. The Hall–Kier alpha value is -1.48. The summed E-state index contributed by atoms with van der Waals surface area (Å²) in [6.45, 7) is 5.24. The van der Waals surface area contributed by atoms with Gasteiger partial charge in [0.2, 0.25) is 10.0 Å². The molecule has 3 aliphatic rings. The van der Waals surface area contributed by atoms with Crippen molar-refractivity contribution >= 4 is 15.9 Å². The zero-order valence-corrected chi connectivity index (χ0v) is 16.3. The summed E-state index contributed by atoms with van der Waals surface area (Å²) >= 11 is 0. The molecule has 1 amide bonds. The topological polar surface area (TPSA) is 79.0 Å². The van der Waals surface area contributed by atoms with Gasteiger partial charge in [-0.2, -0.15) is 4.31 Å². The van der Waals surface area contributed by atoms with Crippen LogP contribution in [0, 0.1) is 11.8 Å². The first-order valence-corrected chi connectivity index (χ1v) is 11.2. The highest BCUT2D eigenvalue weighted by atomic mass is 32.2. The zero-order valence-electron chi connectivity index (χ0n) is 15.5. The molecular weight excluding hydrogens is 366 g/mol. The van der Waals surface area contributed by atoms with Crippen LogP contribution in [0.4, 0.5) is 0 Å². The molecule has 0 aromatic heterocycles. The number of likely N-dealkylation sites (tertiary alicyclic amines) is 1. The molecule has 27 heavy (non-hydrogen) atoms. The van der Waals surface area contributed by atoms with Crippen molar-refractivity contribution in [3.8, 4) is 0 Å². The lowest BCUT2D eigenvalue weighted by Gasteiger charge is -2.26. The molecule has 0 unspecified atom stereocenters. The van der Waals surface area contributed by atoms with Crippen LogP contribution in [0.5, 0.6) is 0 Å². The van der Waals surface area contributed by atoms with Gasteiger partial charge in [0.05, 0.1) is 18.1 Å². The van der Waals surface area contributed by atoms with Crippen LogP contribution in [0.15, 0.2) is 29.2 Å². The van der Waals surface area contributed by atoms with Gasteiger partial charge in [-0.1, -0.05) is 0 Å². The van der Waals surface area contributed by atoms with Crippen LogP contribution in [0.1, 0.15) is 23.2 Å². The molecule has 148 valence electrons. The minimum Gasteiger partial charge on any atom is -0.379 e. The molecule has 3 heterocycles. The molecule has 1 aromatic carbocycles. The first kappa shape index (κ1) is 18.9. The van der Waals surface area contributed by atoms with Crippen molar-refractivity contribution in [2.45, 2.75) is 17.7 Å². The molecule has 0 saturated carbocycles. The summed E-state index contributed by atoms with van der Waals surface area (Å²) in [5, 5.41) is 3.44. The number of fused-ring (bicyclic) bond motifs is 1. The van der Waals surface area contributed by atoms with Crippen molar-refractivity contribution in [2.75, 3.05) is 52.5 Å². The number of ether oxygens (including phenoxy) is 1. The Morgan fingerprint density at radius 1 is 0.963 bits per heavy atom. The molecule has 0 aliphatic carbocycles. The van der Waals surface area contributed by atoms with Crippen LogP contribution in [0.3, 0.4) is 0 Å². The van der Waals surface area contributed by atoms with E-state index in [1.807, 2.05) is 4.90 Å². The van der Waals surface area contributed by atoms with Crippen molar-refractivity contribution in [3.05, 3.63) is 29.8 Å². The molecule has 0 radical (unpaired) electrons. The molecule has 0 bridgehead atoms. The predicted molar refractivity (Wildman–Crippen MR) is 101 cm³/mol. The highest BCUT2D eigenvalue weighted by molar-refractivity contribution is 7.89. The number of amides is 1. The average Bonchev–Trinajstić information content (AvgIpc) is 3.06. The molecule has 3 saturated heterocycles. The van der Waals surface area contributed by atoms with Crippen molar-refractivity contribution in [3.63, 3.8) is 0 Å². The molecule has 4 rings (SSSR count). The Morgan fingerprint density at radius 3 is 2.15 bits per heavy atom. The third kappa shape index (κ3) is 3.89. The summed E-state index contributed by atoms with van der Waals surface area (Å²) in [6.07, 6.45) is 2.07. The van der Waals surface area contributed by atoms with Gasteiger partial charge in [-0.05, 0) is 62.0 Å². The van der Waals surface area contributed by atoms with E-state index in [0.29, 0.717) is 43.7 Å². The molecule has 7 nitrogen and oxygen atoms in total. The lowest BCUT2D eigenvalue weighted by atomic mass is 9.92. The first-order valence-electron chi connectivity index (χ1n) is 9.73. The third-order valence-electron chi connectivity index (χ3n) is 6.02. The number of carbonyl (C=O) groups is 1. The molecule has 3 fully saturated rings. The molecule has 1 N–H and O–H groups in total. The van der Waals surface area contributed by atoms with Gasteiger partial charge >= 0.3 is 0 Å². The van der Waals surface area contributed by atoms with E-state index in [-0.39, 0.29) is 10.8 Å². The Bertz CT molecular complexity index is 761. The summed E-state index contributed by atoms with van der Waals surface area (Å²) in [7, 11) is -3.52. The van der Waals surface area contributed by atoms with Crippen LogP contribution in [-0.2, 0) is 14.8 Å². The quantitative estimate of drug-likeness (QED) is 0.821. The number of benzene rings is 1. The first-order chi connectivity index (χ1) is 13.1. The van der Waals surface area contributed by atoms with E-state index in [2.05, 4.69) is 5.32 Å². The largest absolute Gasteiger partial charge is 0.379 e. The lowest BCUT2D eigenvalue weighted by molar-refractivity contribution is 0.0730. The predicted octanol–water partition coefficient (Wildman–Crippen LogP) is 0.779. The molecular formula is C19H27N3O4S. The van der Waals surface area contributed by atoms with Gasteiger partial charge in [-0.25, -0.2) is 8.42 Å². The second-order valence-corrected chi connectivity index (χ2v) is 9.53. The van der Waals surface area contributed by atoms with Gasteiger partial charge in [0.15, 0.2) is 0 Å². The number of carbonyl (C=O) groups excluding carboxylic acids is 1. The number of morpholine rings is 1. The fourth-order valence-corrected chi connectivity index (χ4v) is 5.72. The number of hydrogen-bond donors (Lipinski definition) is 1. The standard InChI is InChI=1S/C19H27N3O4S/c23-19(21-7-5-16-13-20-14-17(16)6-8-21)15-1-3-18(4-2-15)27(24,25)22-9-11-26-12-10-22/h1-4,16-17,20H,5-14H2/t16-,17+. The molecule has 1 aromatic rings. The van der Waals surface area contributed by atoms with Gasteiger partial charge in [0.1, 0.15) is 0 Å². The van der Waals surface area contributed by atoms with E-state index in [4.69, 9.17) is 4.74 Å². The Kier molecular flexibility index (Phi) is 5.50. The van der Waals surface area contributed by atoms with Crippen molar-refractivity contribution in [2.24, 2.45) is 11.8 Å². The van der Waals surface area contributed by atoms with Crippen LogP contribution in [0.25, 0.3) is 0 Å². The van der Waals surface area contributed by atoms with Gasteiger partial charge in [-0.15, -0.1) is 0 Å². The lowest BCUT2D eigenvalue weighted by Crippen LogP contribution is -2.40. The number of rotatable bonds is 3. The molecule has 0 spiro atoms. The van der Waals surface area contributed by atoms with Crippen LogP contribution < -0.4 is 5.32 Å². The number of hydrogen-bond acceptors (Lipinski definition) is 5. The Labute approximate surface area is 160 Å². The second-order valence-electron chi connectivity index (χ2n) is 7.59. The summed E-state index contributed by atoms with van der Waals surface area (Å²) < 4.78 is 32.1. The van der Waals surface area contributed by atoms with E-state index in [9.17, 15) is 13.2 Å². The average molecular weight is 394 g/mol. The molecule has 3 aliphatic heterocycles. The van der Waals surface area contributed by atoms with Gasteiger partial charge in [0.25, 0.3) is 5.91 Å². The van der Waals surface area contributed by atoms with Crippen LogP contribution >= 0.6 is 0 Å².